The third-order valence-electron chi connectivity index (χ3n) is 6.70. The van der Waals surface area contributed by atoms with E-state index >= 15 is 0 Å². The molecule has 0 bridgehead atoms. The van der Waals surface area contributed by atoms with Crippen molar-refractivity contribution in [3.63, 3.8) is 0 Å². The first-order chi connectivity index (χ1) is 16.4. The van der Waals surface area contributed by atoms with Crippen molar-refractivity contribution < 1.29 is 18.7 Å². The lowest BCUT2D eigenvalue weighted by molar-refractivity contribution is -0.149. The Bertz CT molecular complexity index is 1090. The van der Waals surface area contributed by atoms with Crippen LogP contribution in [0.25, 0.3) is 0 Å². The molecule has 1 saturated heterocycles. The van der Waals surface area contributed by atoms with Gasteiger partial charge in [-0.05, 0) is 63.9 Å². The Balaban J connectivity index is 1.53. The van der Waals surface area contributed by atoms with Crippen molar-refractivity contribution in [1.82, 2.24) is 9.91 Å². The second-order valence-electron chi connectivity index (χ2n) is 9.15. The van der Waals surface area contributed by atoms with Gasteiger partial charge in [0.1, 0.15) is 5.82 Å². The first-order valence-corrected chi connectivity index (χ1v) is 12.0. The van der Waals surface area contributed by atoms with E-state index in [1.165, 1.54) is 11.1 Å². The third-order valence-corrected chi connectivity index (χ3v) is 6.70. The van der Waals surface area contributed by atoms with E-state index in [1.807, 2.05) is 32.9 Å². The summed E-state index contributed by atoms with van der Waals surface area (Å²) in [6.07, 6.45) is 1.81. The van der Waals surface area contributed by atoms with Crippen molar-refractivity contribution in [3.05, 3.63) is 70.5 Å². The summed E-state index contributed by atoms with van der Waals surface area (Å²) in [5.41, 5.74) is 4.27. The van der Waals surface area contributed by atoms with Gasteiger partial charge >= 0.3 is 5.97 Å². The van der Waals surface area contributed by atoms with Crippen LogP contribution in [0.5, 0.6) is 0 Å². The Morgan fingerprint density at radius 1 is 1.12 bits per heavy atom. The summed E-state index contributed by atoms with van der Waals surface area (Å²) in [6.45, 7) is 7.79. The smallest absolute Gasteiger partial charge is 0.309 e. The number of likely N-dealkylation sites (tertiary alicyclic amines) is 1. The summed E-state index contributed by atoms with van der Waals surface area (Å²) in [5, 5.41) is 6.17. The normalized spacial score (nSPS) is 19.2. The molecule has 0 saturated carbocycles. The highest BCUT2D eigenvalue weighted by atomic mass is 19.1. The monoisotopic (exact) mass is 465 g/mol. The second-order valence-corrected chi connectivity index (χ2v) is 9.15. The van der Waals surface area contributed by atoms with Crippen LogP contribution in [0.2, 0.25) is 0 Å². The molecule has 0 radical (unpaired) electrons. The average Bonchev–Trinajstić information content (AvgIpc) is 3.25. The number of ether oxygens (including phenoxy) is 1. The van der Waals surface area contributed by atoms with Gasteiger partial charge in [-0.25, -0.2) is 9.40 Å². The number of halogens is 1. The molecule has 2 aromatic carbocycles. The number of benzene rings is 2. The van der Waals surface area contributed by atoms with E-state index in [9.17, 15) is 14.0 Å². The van der Waals surface area contributed by atoms with Gasteiger partial charge in [0, 0.05) is 12.0 Å². The van der Waals surface area contributed by atoms with Crippen LogP contribution in [0.4, 0.5) is 4.39 Å². The van der Waals surface area contributed by atoms with Crippen molar-refractivity contribution in [2.45, 2.75) is 46.1 Å². The largest absolute Gasteiger partial charge is 0.466 e. The summed E-state index contributed by atoms with van der Waals surface area (Å²) in [5.74, 6) is -0.712. The molecule has 2 aliphatic rings. The summed E-state index contributed by atoms with van der Waals surface area (Å²) in [6, 6.07) is 12.5. The minimum atomic E-state index is -0.337. The fourth-order valence-corrected chi connectivity index (χ4v) is 4.89. The molecule has 180 valence electrons. The van der Waals surface area contributed by atoms with E-state index in [0.29, 0.717) is 50.2 Å². The van der Waals surface area contributed by atoms with E-state index in [2.05, 4.69) is 16.1 Å². The van der Waals surface area contributed by atoms with E-state index in [1.54, 1.807) is 18.2 Å². The highest BCUT2D eigenvalue weighted by Gasteiger charge is 2.36. The van der Waals surface area contributed by atoms with Crippen LogP contribution in [0.1, 0.15) is 54.5 Å². The summed E-state index contributed by atoms with van der Waals surface area (Å²) >= 11 is 0. The standard InChI is InChI=1S/C27H32FN3O3/c1-4-34-27(33)20-11-13-30(14-12-20)17-26(32)31-25(21-10-9-18(2)15-19(21)3)16-24(29-31)22-7-5-6-8-23(22)28/h5-10,15,20,25H,4,11-14,16-17H2,1-3H3/t25-/m1/s1. The Morgan fingerprint density at radius 2 is 1.85 bits per heavy atom. The van der Waals surface area contributed by atoms with Crippen molar-refractivity contribution in [1.29, 1.82) is 0 Å². The highest BCUT2D eigenvalue weighted by molar-refractivity contribution is 6.03. The van der Waals surface area contributed by atoms with Crippen LogP contribution in [0.3, 0.4) is 0 Å². The van der Waals surface area contributed by atoms with E-state index < -0.39 is 0 Å². The third kappa shape index (κ3) is 5.20. The number of aryl methyl sites for hydroxylation is 2. The molecule has 0 unspecified atom stereocenters. The molecule has 34 heavy (non-hydrogen) atoms. The number of hydrogen-bond acceptors (Lipinski definition) is 5. The number of amides is 1. The van der Waals surface area contributed by atoms with Gasteiger partial charge in [0.25, 0.3) is 5.91 Å². The molecule has 6 nitrogen and oxygen atoms in total. The maximum absolute atomic E-state index is 14.5. The molecule has 1 fully saturated rings. The van der Waals surface area contributed by atoms with Crippen LogP contribution >= 0.6 is 0 Å². The summed E-state index contributed by atoms with van der Waals surface area (Å²) in [4.78, 5) is 27.5. The highest BCUT2D eigenvalue weighted by Crippen LogP contribution is 2.35. The van der Waals surface area contributed by atoms with Crippen molar-refractivity contribution in [2.75, 3.05) is 26.2 Å². The molecule has 0 aromatic heterocycles. The molecule has 7 heteroatoms. The minimum Gasteiger partial charge on any atom is -0.466 e. The number of nitrogens with zero attached hydrogens (tertiary/aromatic N) is 3. The topological polar surface area (TPSA) is 62.2 Å². The molecule has 2 aromatic rings. The molecular weight excluding hydrogens is 433 g/mol. The summed E-state index contributed by atoms with van der Waals surface area (Å²) in [7, 11) is 0. The van der Waals surface area contributed by atoms with E-state index in [-0.39, 0.29) is 36.2 Å². The van der Waals surface area contributed by atoms with Gasteiger partial charge in [-0.15, -0.1) is 0 Å². The number of rotatable bonds is 6. The minimum absolute atomic E-state index is 0.105. The molecule has 0 spiro atoms. The molecule has 0 aliphatic carbocycles. The van der Waals surface area contributed by atoms with Gasteiger partial charge in [0.15, 0.2) is 0 Å². The Kier molecular flexibility index (Phi) is 7.41. The van der Waals surface area contributed by atoms with Gasteiger partial charge in [-0.1, -0.05) is 42.0 Å². The van der Waals surface area contributed by atoms with Gasteiger partial charge in [-0.2, -0.15) is 5.10 Å². The predicted molar refractivity (Wildman–Crippen MR) is 129 cm³/mol. The zero-order chi connectivity index (χ0) is 24.2. The lowest BCUT2D eigenvalue weighted by Gasteiger charge is -2.32. The van der Waals surface area contributed by atoms with Gasteiger partial charge in [-0.3, -0.25) is 14.5 Å². The maximum atomic E-state index is 14.5. The number of piperidine rings is 1. The first-order valence-electron chi connectivity index (χ1n) is 12.0. The van der Waals surface area contributed by atoms with Crippen LogP contribution in [-0.2, 0) is 14.3 Å². The molecule has 4 rings (SSSR count). The molecule has 1 atom stereocenters. The van der Waals surface area contributed by atoms with Gasteiger partial charge in [0.05, 0.1) is 30.8 Å². The Morgan fingerprint density at radius 3 is 2.53 bits per heavy atom. The second kappa shape index (κ2) is 10.5. The number of carbonyl (C=O) groups is 2. The van der Waals surface area contributed by atoms with Crippen LogP contribution in [0, 0.1) is 25.6 Å². The lowest BCUT2D eigenvalue weighted by atomic mass is 9.94. The van der Waals surface area contributed by atoms with Crippen LogP contribution in [-0.4, -0.2) is 53.7 Å². The fraction of sp³-hybridized carbons (Fsp3) is 0.444. The SMILES string of the molecule is CCOC(=O)C1CCN(CC(=O)N2N=C(c3ccccc3F)C[C@@H]2c2ccc(C)cc2C)CC1. The van der Waals surface area contributed by atoms with Crippen LogP contribution < -0.4 is 0 Å². The quantitative estimate of drug-likeness (QED) is 0.594. The zero-order valence-corrected chi connectivity index (χ0v) is 20.1. The molecule has 1 amide bonds. The summed E-state index contributed by atoms with van der Waals surface area (Å²) < 4.78 is 19.7. The zero-order valence-electron chi connectivity index (χ0n) is 20.1. The maximum Gasteiger partial charge on any atom is 0.309 e. The molecule has 2 heterocycles. The van der Waals surface area contributed by atoms with E-state index in [0.717, 1.165) is 16.7 Å². The van der Waals surface area contributed by atoms with Gasteiger partial charge in [0.2, 0.25) is 0 Å². The van der Waals surface area contributed by atoms with Crippen molar-refractivity contribution in [2.24, 2.45) is 11.0 Å². The first kappa shape index (κ1) is 24.1. The number of esters is 1. The molecule has 2 aliphatic heterocycles. The van der Waals surface area contributed by atoms with Crippen LogP contribution in [0.15, 0.2) is 47.6 Å². The van der Waals surface area contributed by atoms with E-state index in [4.69, 9.17) is 4.74 Å². The molecular formula is C27H32FN3O3. The Labute approximate surface area is 200 Å². The Hall–Kier alpha value is -3.06. The number of carbonyl (C=O) groups excluding carboxylic acids is 2. The van der Waals surface area contributed by atoms with Gasteiger partial charge < -0.3 is 4.74 Å². The molecule has 0 N–H and O–H groups in total. The lowest BCUT2D eigenvalue weighted by Crippen LogP contribution is -2.43. The number of hydrogen-bond donors (Lipinski definition) is 0. The number of hydrazone groups is 1. The predicted octanol–water partition coefficient (Wildman–Crippen LogP) is 4.40. The van der Waals surface area contributed by atoms with Crippen molar-refractivity contribution in [3.8, 4) is 0 Å². The fourth-order valence-electron chi connectivity index (χ4n) is 4.89. The average molecular weight is 466 g/mol. The van der Waals surface area contributed by atoms with Crippen molar-refractivity contribution >= 4 is 17.6 Å².